The minimum absolute atomic E-state index is 0.341. The molecular formula is C11H23N3O2S. The number of nitrogens with zero attached hydrogens (tertiary/aromatic N) is 2. The van der Waals surface area contributed by atoms with Gasteiger partial charge in [0.15, 0.2) is 0 Å². The molecule has 5 nitrogen and oxygen atoms in total. The van der Waals surface area contributed by atoms with Gasteiger partial charge in [-0.2, -0.15) is 17.0 Å². The second-order valence-corrected chi connectivity index (χ2v) is 7.27. The van der Waals surface area contributed by atoms with Gasteiger partial charge in [-0.25, -0.2) is 0 Å². The van der Waals surface area contributed by atoms with Crippen LogP contribution in [0.1, 0.15) is 26.2 Å². The second kappa shape index (κ2) is 5.22. The zero-order valence-corrected chi connectivity index (χ0v) is 11.3. The average molecular weight is 261 g/mol. The maximum atomic E-state index is 12.4. The third-order valence-corrected chi connectivity index (χ3v) is 5.98. The minimum atomic E-state index is -3.22. The normalized spacial score (nSPS) is 29.9. The Bertz CT molecular complexity index is 342. The highest BCUT2D eigenvalue weighted by Crippen LogP contribution is 2.24. The molecule has 0 bridgehead atoms. The summed E-state index contributed by atoms with van der Waals surface area (Å²) in [6, 6.07) is 0. The SMILES string of the molecule is CC1CCN(S(=O)(=O)N2CCC(CN)C2)CC1. The van der Waals surface area contributed by atoms with E-state index < -0.39 is 10.2 Å². The molecule has 0 aromatic rings. The number of piperidine rings is 1. The molecule has 2 aliphatic rings. The summed E-state index contributed by atoms with van der Waals surface area (Å²) >= 11 is 0. The molecule has 0 saturated carbocycles. The van der Waals surface area contributed by atoms with Crippen molar-refractivity contribution >= 4 is 10.2 Å². The Morgan fingerprint density at radius 2 is 1.71 bits per heavy atom. The molecule has 0 aromatic heterocycles. The average Bonchev–Trinajstić information content (AvgIpc) is 2.78. The molecule has 0 spiro atoms. The fourth-order valence-electron chi connectivity index (χ4n) is 2.58. The van der Waals surface area contributed by atoms with E-state index in [4.69, 9.17) is 5.73 Å². The van der Waals surface area contributed by atoms with Crippen LogP contribution in [-0.2, 0) is 10.2 Å². The van der Waals surface area contributed by atoms with Gasteiger partial charge < -0.3 is 5.73 Å². The van der Waals surface area contributed by atoms with Crippen molar-refractivity contribution in [2.45, 2.75) is 26.2 Å². The van der Waals surface area contributed by atoms with E-state index in [1.54, 1.807) is 8.61 Å². The fraction of sp³-hybridized carbons (Fsp3) is 1.00. The second-order valence-electron chi connectivity index (χ2n) is 5.34. The first-order chi connectivity index (χ1) is 8.04. The zero-order valence-electron chi connectivity index (χ0n) is 10.5. The molecule has 2 fully saturated rings. The van der Waals surface area contributed by atoms with E-state index in [1.807, 2.05) is 0 Å². The van der Waals surface area contributed by atoms with E-state index in [1.165, 1.54) is 0 Å². The molecule has 0 aliphatic carbocycles. The highest BCUT2D eigenvalue weighted by Gasteiger charge is 2.36. The number of rotatable bonds is 3. The smallest absolute Gasteiger partial charge is 0.281 e. The van der Waals surface area contributed by atoms with E-state index in [9.17, 15) is 8.42 Å². The molecule has 17 heavy (non-hydrogen) atoms. The van der Waals surface area contributed by atoms with Crippen molar-refractivity contribution in [2.75, 3.05) is 32.7 Å². The molecule has 2 aliphatic heterocycles. The maximum Gasteiger partial charge on any atom is 0.281 e. The third-order valence-electron chi connectivity index (χ3n) is 3.98. The Morgan fingerprint density at radius 1 is 1.12 bits per heavy atom. The van der Waals surface area contributed by atoms with Crippen LogP contribution in [-0.4, -0.2) is 49.8 Å². The van der Waals surface area contributed by atoms with Gasteiger partial charge in [-0.15, -0.1) is 0 Å². The summed E-state index contributed by atoms with van der Waals surface area (Å²) in [7, 11) is -3.22. The van der Waals surface area contributed by atoms with Crippen LogP contribution in [0.2, 0.25) is 0 Å². The maximum absolute atomic E-state index is 12.4. The number of hydrogen-bond acceptors (Lipinski definition) is 3. The number of hydrogen-bond donors (Lipinski definition) is 1. The lowest BCUT2D eigenvalue weighted by Crippen LogP contribution is -2.46. The molecule has 1 unspecified atom stereocenters. The van der Waals surface area contributed by atoms with E-state index in [0.717, 1.165) is 19.3 Å². The summed E-state index contributed by atoms with van der Waals surface area (Å²) in [5, 5.41) is 0. The lowest BCUT2D eigenvalue weighted by molar-refractivity contribution is 0.269. The zero-order chi connectivity index (χ0) is 12.5. The van der Waals surface area contributed by atoms with Gasteiger partial charge >= 0.3 is 0 Å². The molecule has 0 aromatic carbocycles. The molecular weight excluding hydrogens is 238 g/mol. The topological polar surface area (TPSA) is 66.6 Å². The van der Waals surface area contributed by atoms with Gasteiger partial charge in [0.1, 0.15) is 0 Å². The van der Waals surface area contributed by atoms with Crippen LogP contribution >= 0.6 is 0 Å². The van der Waals surface area contributed by atoms with Gasteiger partial charge in [-0.1, -0.05) is 6.92 Å². The van der Waals surface area contributed by atoms with E-state index >= 15 is 0 Å². The summed E-state index contributed by atoms with van der Waals surface area (Å²) in [5.41, 5.74) is 5.60. The summed E-state index contributed by atoms with van der Waals surface area (Å²) in [6.45, 7) is 5.36. The summed E-state index contributed by atoms with van der Waals surface area (Å²) in [6.07, 6.45) is 2.86. The van der Waals surface area contributed by atoms with Gasteiger partial charge in [0.2, 0.25) is 0 Å². The van der Waals surface area contributed by atoms with Gasteiger partial charge in [-0.3, -0.25) is 0 Å². The summed E-state index contributed by atoms with van der Waals surface area (Å²) in [5.74, 6) is 0.991. The van der Waals surface area contributed by atoms with Crippen molar-refractivity contribution in [2.24, 2.45) is 17.6 Å². The van der Waals surface area contributed by atoms with Crippen LogP contribution in [0.5, 0.6) is 0 Å². The molecule has 0 amide bonds. The Morgan fingerprint density at radius 3 is 2.24 bits per heavy atom. The van der Waals surface area contributed by atoms with Gasteiger partial charge in [0.25, 0.3) is 10.2 Å². The van der Waals surface area contributed by atoms with Crippen LogP contribution in [0.3, 0.4) is 0 Å². The van der Waals surface area contributed by atoms with Crippen LogP contribution in [0.4, 0.5) is 0 Å². The first kappa shape index (κ1) is 13.3. The Balaban J connectivity index is 1.99. The lowest BCUT2D eigenvalue weighted by Gasteiger charge is -2.32. The van der Waals surface area contributed by atoms with E-state index in [0.29, 0.717) is 44.6 Å². The van der Waals surface area contributed by atoms with Gasteiger partial charge in [-0.05, 0) is 37.6 Å². The Kier molecular flexibility index (Phi) is 4.07. The van der Waals surface area contributed by atoms with Gasteiger partial charge in [0.05, 0.1) is 0 Å². The monoisotopic (exact) mass is 261 g/mol. The molecule has 1 atom stereocenters. The van der Waals surface area contributed by atoms with Gasteiger partial charge in [0, 0.05) is 26.2 Å². The van der Waals surface area contributed by atoms with E-state index in [2.05, 4.69) is 6.92 Å². The fourth-order valence-corrected chi connectivity index (χ4v) is 4.31. The van der Waals surface area contributed by atoms with Crippen molar-refractivity contribution in [3.8, 4) is 0 Å². The van der Waals surface area contributed by atoms with Crippen LogP contribution < -0.4 is 5.73 Å². The molecule has 2 rings (SSSR count). The van der Waals surface area contributed by atoms with Crippen LogP contribution in [0.25, 0.3) is 0 Å². The molecule has 0 radical (unpaired) electrons. The first-order valence-corrected chi connectivity index (χ1v) is 7.89. The molecule has 2 saturated heterocycles. The van der Waals surface area contributed by atoms with Crippen molar-refractivity contribution in [1.29, 1.82) is 0 Å². The minimum Gasteiger partial charge on any atom is -0.330 e. The summed E-state index contributed by atoms with van der Waals surface area (Å²) < 4.78 is 28.0. The highest BCUT2D eigenvalue weighted by molar-refractivity contribution is 7.86. The van der Waals surface area contributed by atoms with Crippen molar-refractivity contribution in [3.63, 3.8) is 0 Å². The van der Waals surface area contributed by atoms with E-state index in [-0.39, 0.29) is 0 Å². The Hall–Kier alpha value is -0.170. The molecule has 2 N–H and O–H groups in total. The quantitative estimate of drug-likeness (QED) is 0.791. The summed E-state index contributed by atoms with van der Waals surface area (Å²) in [4.78, 5) is 0. The Labute approximate surface area is 104 Å². The molecule has 6 heteroatoms. The van der Waals surface area contributed by atoms with Crippen LogP contribution in [0, 0.1) is 11.8 Å². The standard InChI is InChI=1S/C11H23N3O2S/c1-10-2-5-13(6-3-10)17(15,16)14-7-4-11(8-12)9-14/h10-11H,2-9,12H2,1H3. The molecule has 100 valence electrons. The van der Waals surface area contributed by atoms with Crippen molar-refractivity contribution in [3.05, 3.63) is 0 Å². The largest absolute Gasteiger partial charge is 0.330 e. The predicted molar refractivity (Wildman–Crippen MR) is 67.6 cm³/mol. The highest BCUT2D eigenvalue weighted by atomic mass is 32.2. The predicted octanol–water partition coefficient (Wildman–Crippen LogP) is 0.244. The van der Waals surface area contributed by atoms with Crippen molar-refractivity contribution < 1.29 is 8.42 Å². The third kappa shape index (κ3) is 2.81. The van der Waals surface area contributed by atoms with Crippen LogP contribution in [0.15, 0.2) is 0 Å². The lowest BCUT2D eigenvalue weighted by atomic mass is 10.0. The molecule has 2 heterocycles. The number of nitrogens with two attached hydrogens (primary N) is 1. The van der Waals surface area contributed by atoms with Crippen molar-refractivity contribution in [1.82, 2.24) is 8.61 Å². The first-order valence-electron chi connectivity index (χ1n) is 6.49.